The van der Waals surface area contributed by atoms with Gasteiger partial charge < -0.3 is 10.6 Å². The number of guanidine groups is 1. The van der Waals surface area contributed by atoms with Crippen LogP contribution in [0, 0.1) is 12.8 Å². The fourth-order valence-electron chi connectivity index (χ4n) is 3.38. The van der Waals surface area contributed by atoms with E-state index in [0.717, 1.165) is 42.7 Å². The first kappa shape index (κ1) is 19.3. The van der Waals surface area contributed by atoms with E-state index in [-0.39, 0.29) is 0 Å². The molecular weight excluding hydrogens is 362 g/mol. The van der Waals surface area contributed by atoms with Gasteiger partial charge in [-0.2, -0.15) is 0 Å². The molecule has 1 fully saturated rings. The van der Waals surface area contributed by atoms with Gasteiger partial charge in [0.2, 0.25) is 0 Å². The molecule has 0 bridgehead atoms. The van der Waals surface area contributed by atoms with Crippen molar-refractivity contribution < 1.29 is 0 Å². The van der Waals surface area contributed by atoms with Crippen molar-refractivity contribution in [1.29, 1.82) is 0 Å². The number of likely N-dealkylation sites (tertiary alicyclic amines) is 1. The predicted octanol–water partition coefficient (Wildman–Crippen LogP) is 3.13. The molecule has 142 valence electrons. The number of hydrogen-bond donors (Lipinski definition) is 2. The molecule has 0 amide bonds. The number of piperidine rings is 1. The second-order valence-corrected chi connectivity index (χ2v) is 8.90. The lowest BCUT2D eigenvalue weighted by Crippen LogP contribution is -2.44. The van der Waals surface area contributed by atoms with Gasteiger partial charge in [-0.1, -0.05) is 6.07 Å². The van der Waals surface area contributed by atoms with Crippen LogP contribution in [-0.4, -0.2) is 49.1 Å². The van der Waals surface area contributed by atoms with E-state index in [4.69, 9.17) is 0 Å². The second-order valence-electron chi connectivity index (χ2n) is 6.81. The largest absolute Gasteiger partial charge is 0.356 e. The quantitative estimate of drug-likeness (QED) is 0.562. The Labute approximate surface area is 164 Å². The van der Waals surface area contributed by atoms with Crippen LogP contribution in [0.15, 0.2) is 27.9 Å². The molecule has 1 aliphatic heterocycles. The van der Waals surface area contributed by atoms with Gasteiger partial charge in [0.05, 0.1) is 10.7 Å². The molecular formula is C19H29N5S2. The Hall–Kier alpha value is -1.44. The third-order valence-corrected chi connectivity index (χ3v) is 6.37. The minimum Gasteiger partial charge on any atom is -0.356 e. The van der Waals surface area contributed by atoms with Gasteiger partial charge in [-0.15, -0.1) is 22.7 Å². The molecule has 0 saturated carbocycles. The highest BCUT2D eigenvalue weighted by molar-refractivity contribution is 7.10. The van der Waals surface area contributed by atoms with Gasteiger partial charge in [-0.3, -0.25) is 9.89 Å². The maximum Gasteiger partial charge on any atom is 0.190 e. The summed E-state index contributed by atoms with van der Waals surface area (Å²) in [4.78, 5) is 12.9. The number of thiazole rings is 1. The minimum atomic E-state index is 0.684. The smallest absolute Gasteiger partial charge is 0.190 e. The average molecular weight is 392 g/mol. The molecule has 7 heteroatoms. The van der Waals surface area contributed by atoms with Crippen LogP contribution >= 0.6 is 22.7 Å². The Morgan fingerprint density at radius 1 is 1.38 bits per heavy atom. The normalized spacial score (nSPS) is 18.8. The first-order chi connectivity index (χ1) is 12.7. The number of nitrogens with one attached hydrogen (secondary N) is 2. The molecule has 1 unspecified atom stereocenters. The summed E-state index contributed by atoms with van der Waals surface area (Å²) >= 11 is 3.57. The van der Waals surface area contributed by atoms with Crippen LogP contribution in [0.4, 0.5) is 0 Å². The van der Waals surface area contributed by atoms with Crippen LogP contribution in [0.3, 0.4) is 0 Å². The molecule has 2 aromatic heterocycles. The first-order valence-corrected chi connectivity index (χ1v) is 11.1. The summed E-state index contributed by atoms with van der Waals surface area (Å²) < 4.78 is 0. The second kappa shape index (κ2) is 10.0. The predicted molar refractivity (Wildman–Crippen MR) is 112 cm³/mol. The number of nitrogens with zero attached hydrogens (tertiary/aromatic N) is 3. The fraction of sp³-hybridized carbons (Fsp3) is 0.579. The van der Waals surface area contributed by atoms with E-state index in [9.17, 15) is 0 Å². The summed E-state index contributed by atoms with van der Waals surface area (Å²) in [7, 11) is 1.84. The van der Waals surface area contributed by atoms with Gasteiger partial charge in [-0.05, 0) is 43.7 Å². The van der Waals surface area contributed by atoms with Crippen LogP contribution in [0.25, 0.3) is 0 Å². The van der Waals surface area contributed by atoms with Crippen molar-refractivity contribution in [2.45, 2.75) is 32.7 Å². The molecule has 5 nitrogen and oxygen atoms in total. The summed E-state index contributed by atoms with van der Waals surface area (Å²) in [6.07, 6.45) is 3.51. The van der Waals surface area contributed by atoms with Gasteiger partial charge in [0.25, 0.3) is 0 Å². The SMILES string of the molecule is CN=C(NCCc1csc(C)n1)NCC1CCCN(Cc2cccs2)C1. The van der Waals surface area contributed by atoms with Crippen molar-refractivity contribution in [3.63, 3.8) is 0 Å². The number of rotatable bonds is 7. The van der Waals surface area contributed by atoms with Gasteiger partial charge in [0.15, 0.2) is 5.96 Å². The van der Waals surface area contributed by atoms with Gasteiger partial charge in [0.1, 0.15) is 0 Å². The number of aliphatic imine (C=N–C) groups is 1. The van der Waals surface area contributed by atoms with Gasteiger partial charge in [-0.25, -0.2) is 4.98 Å². The topological polar surface area (TPSA) is 52.6 Å². The third-order valence-electron chi connectivity index (χ3n) is 4.68. The molecule has 2 aromatic rings. The van der Waals surface area contributed by atoms with E-state index < -0.39 is 0 Å². The monoisotopic (exact) mass is 391 g/mol. The van der Waals surface area contributed by atoms with Crippen LogP contribution < -0.4 is 10.6 Å². The summed E-state index contributed by atoms with van der Waals surface area (Å²) in [5, 5.41) is 12.3. The Morgan fingerprint density at radius 2 is 2.31 bits per heavy atom. The van der Waals surface area contributed by atoms with Crippen LogP contribution in [0.5, 0.6) is 0 Å². The Morgan fingerprint density at radius 3 is 3.04 bits per heavy atom. The maximum atomic E-state index is 4.51. The summed E-state index contributed by atoms with van der Waals surface area (Å²) in [5.41, 5.74) is 1.16. The molecule has 1 aliphatic rings. The van der Waals surface area contributed by atoms with E-state index in [1.54, 1.807) is 11.3 Å². The van der Waals surface area contributed by atoms with Crippen LogP contribution in [0.2, 0.25) is 0 Å². The van der Waals surface area contributed by atoms with Crippen LogP contribution in [-0.2, 0) is 13.0 Å². The van der Waals surface area contributed by atoms with Crippen LogP contribution in [0.1, 0.15) is 28.4 Å². The molecule has 26 heavy (non-hydrogen) atoms. The standard InChI is InChI=1S/C19H29N5S2/c1-15-23-17(14-26-15)7-8-21-19(20-2)22-11-16-5-3-9-24(12-16)13-18-6-4-10-25-18/h4,6,10,14,16H,3,5,7-9,11-13H2,1-2H3,(H2,20,21,22). The summed E-state index contributed by atoms with van der Waals surface area (Å²) in [6.45, 7) is 7.37. The molecule has 0 radical (unpaired) electrons. The molecule has 2 N–H and O–H groups in total. The number of aryl methyl sites for hydroxylation is 1. The Bertz CT molecular complexity index is 680. The maximum absolute atomic E-state index is 4.51. The lowest BCUT2D eigenvalue weighted by molar-refractivity contribution is 0.169. The molecule has 3 rings (SSSR count). The highest BCUT2D eigenvalue weighted by Gasteiger charge is 2.20. The Balaban J connectivity index is 1.37. The van der Waals surface area contributed by atoms with E-state index in [2.05, 4.69) is 48.4 Å². The third kappa shape index (κ3) is 6.07. The first-order valence-electron chi connectivity index (χ1n) is 9.33. The van der Waals surface area contributed by atoms with Gasteiger partial charge in [0, 0.05) is 49.9 Å². The lowest BCUT2D eigenvalue weighted by Gasteiger charge is -2.32. The van der Waals surface area contributed by atoms with E-state index in [1.807, 2.05) is 25.3 Å². The van der Waals surface area contributed by atoms with Crippen molar-refractivity contribution in [2.75, 3.05) is 33.2 Å². The van der Waals surface area contributed by atoms with E-state index in [1.165, 1.54) is 30.8 Å². The average Bonchev–Trinajstić information content (AvgIpc) is 3.30. The van der Waals surface area contributed by atoms with Gasteiger partial charge >= 0.3 is 0 Å². The fourth-order valence-corrected chi connectivity index (χ4v) is 4.77. The number of thiophene rings is 1. The molecule has 0 aliphatic carbocycles. The van der Waals surface area contributed by atoms with Crippen molar-refractivity contribution in [3.05, 3.63) is 38.5 Å². The van der Waals surface area contributed by atoms with Crippen molar-refractivity contribution in [2.24, 2.45) is 10.9 Å². The van der Waals surface area contributed by atoms with Crippen molar-refractivity contribution in [1.82, 2.24) is 20.5 Å². The van der Waals surface area contributed by atoms with Crippen molar-refractivity contribution >= 4 is 28.6 Å². The zero-order valence-electron chi connectivity index (χ0n) is 15.7. The summed E-state index contributed by atoms with van der Waals surface area (Å²) in [6, 6.07) is 4.38. The highest BCUT2D eigenvalue weighted by Crippen LogP contribution is 2.19. The molecule has 0 spiro atoms. The van der Waals surface area contributed by atoms with E-state index in [0.29, 0.717) is 5.92 Å². The zero-order valence-corrected chi connectivity index (χ0v) is 17.3. The zero-order chi connectivity index (χ0) is 18.2. The Kier molecular flexibility index (Phi) is 7.46. The van der Waals surface area contributed by atoms with Crippen molar-refractivity contribution in [3.8, 4) is 0 Å². The lowest BCUT2D eigenvalue weighted by atomic mass is 9.98. The molecule has 3 heterocycles. The highest BCUT2D eigenvalue weighted by atomic mass is 32.1. The molecule has 1 atom stereocenters. The molecule has 0 aromatic carbocycles. The number of aromatic nitrogens is 1. The summed E-state index contributed by atoms with van der Waals surface area (Å²) in [5.74, 6) is 1.58. The molecule has 1 saturated heterocycles. The minimum absolute atomic E-state index is 0.684. The van der Waals surface area contributed by atoms with E-state index >= 15 is 0 Å². The number of hydrogen-bond acceptors (Lipinski definition) is 5.